The Balaban J connectivity index is 1.87. The van der Waals surface area contributed by atoms with Crippen molar-refractivity contribution < 1.29 is 21.6 Å². The summed E-state index contributed by atoms with van der Waals surface area (Å²) in [5.74, 6) is -0.151. The molecule has 0 saturated heterocycles. The van der Waals surface area contributed by atoms with E-state index in [1.807, 2.05) is 20.8 Å². The predicted octanol–water partition coefficient (Wildman–Crippen LogP) is 4.69. The van der Waals surface area contributed by atoms with Gasteiger partial charge in [0.15, 0.2) is 0 Å². The van der Waals surface area contributed by atoms with Gasteiger partial charge < -0.3 is 0 Å². The molecule has 0 saturated carbocycles. The maximum absolute atomic E-state index is 13.1. The average molecular weight is 453 g/mol. The van der Waals surface area contributed by atoms with E-state index in [-0.39, 0.29) is 17.4 Å². The van der Waals surface area contributed by atoms with Gasteiger partial charge in [0.05, 0.1) is 17.0 Å². The molecule has 6 nitrogen and oxygen atoms in total. The fraction of sp³-hybridized carbons (Fsp3) is 0.333. The summed E-state index contributed by atoms with van der Waals surface area (Å²) in [5, 5.41) is 4.06. The molecule has 2 aromatic carbocycles. The molecule has 3 aromatic rings. The molecule has 1 heterocycles. The summed E-state index contributed by atoms with van der Waals surface area (Å²) in [7, 11) is -3.96. The molecule has 0 amide bonds. The van der Waals surface area contributed by atoms with Crippen LogP contribution in [0.3, 0.4) is 0 Å². The minimum Gasteiger partial charge on any atom is -0.246 e. The van der Waals surface area contributed by atoms with E-state index < -0.39 is 21.8 Å². The lowest BCUT2D eigenvalue weighted by Gasteiger charge is -2.18. The van der Waals surface area contributed by atoms with Gasteiger partial charge in [-0.25, -0.2) is 17.8 Å². The smallest absolute Gasteiger partial charge is 0.246 e. The van der Waals surface area contributed by atoms with E-state index in [9.17, 15) is 21.6 Å². The highest BCUT2D eigenvalue weighted by Crippen LogP contribution is 2.31. The Morgan fingerprint density at radius 3 is 2.13 bits per heavy atom. The Morgan fingerprint density at radius 2 is 1.55 bits per heavy atom. The molecular weight excluding hydrogens is 429 g/mol. The van der Waals surface area contributed by atoms with Crippen molar-refractivity contribution in [3.8, 4) is 0 Å². The lowest BCUT2D eigenvalue weighted by Crippen LogP contribution is -2.18. The van der Waals surface area contributed by atoms with Crippen LogP contribution in [0.15, 0.2) is 35.5 Å². The Labute approximate surface area is 179 Å². The minimum atomic E-state index is -4.45. The fourth-order valence-corrected chi connectivity index (χ4v) is 5.04. The summed E-state index contributed by atoms with van der Waals surface area (Å²) in [6.45, 7) is 9.22. The zero-order valence-electron chi connectivity index (χ0n) is 17.8. The van der Waals surface area contributed by atoms with Gasteiger partial charge in [-0.1, -0.05) is 12.1 Å². The first-order valence-corrected chi connectivity index (χ1v) is 10.9. The van der Waals surface area contributed by atoms with Crippen molar-refractivity contribution in [2.24, 2.45) is 0 Å². The zero-order valence-corrected chi connectivity index (χ0v) is 18.6. The lowest BCUT2D eigenvalue weighted by molar-refractivity contribution is -0.137. The van der Waals surface area contributed by atoms with Crippen LogP contribution in [0.4, 0.5) is 19.1 Å². The molecule has 10 heteroatoms. The highest BCUT2D eigenvalue weighted by Gasteiger charge is 2.30. The van der Waals surface area contributed by atoms with Gasteiger partial charge in [0.2, 0.25) is 0 Å². The molecule has 0 aliphatic carbocycles. The Hall–Kier alpha value is -2.88. The number of rotatable bonds is 5. The van der Waals surface area contributed by atoms with Crippen molar-refractivity contribution in [3.05, 3.63) is 69.5 Å². The molecule has 0 spiro atoms. The van der Waals surface area contributed by atoms with Crippen molar-refractivity contribution in [2.45, 2.75) is 52.2 Å². The third kappa shape index (κ3) is 4.58. The average Bonchev–Trinajstić information content (AvgIpc) is 3.10. The van der Waals surface area contributed by atoms with Crippen molar-refractivity contribution in [1.82, 2.24) is 14.8 Å². The van der Waals surface area contributed by atoms with Crippen LogP contribution in [0.1, 0.15) is 38.9 Å². The molecule has 0 bridgehead atoms. The molecule has 166 valence electrons. The quantitative estimate of drug-likeness (QED) is 0.609. The molecule has 0 aliphatic rings. The molecule has 31 heavy (non-hydrogen) atoms. The number of benzene rings is 2. The third-order valence-electron chi connectivity index (χ3n) is 5.56. The summed E-state index contributed by atoms with van der Waals surface area (Å²) in [4.78, 5) is 4.14. The Morgan fingerprint density at radius 1 is 0.968 bits per heavy atom. The number of sulfonamides is 1. The van der Waals surface area contributed by atoms with E-state index in [0.29, 0.717) is 16.7 Å². The Kier molecular flexibility index (Phi) is 5.88. The van der Waals surface area contributed by atoms with Gasteiger partial charge in [-0.05, 0) is 80.1 Å². The van der Waals surface area contributed by atoms with E-state index in [2.05, 4.69) is 14.8 Å². The van der Waals surface area contributed by atoms with Crippen molar-refractivity contribution >= 4 is 16.0 Å². The second-order valence-electron chi connectivity index (χ2n) is 7.52. The van der Waals surface area contributed by atoms with E-state index >= 15 is 0 Å². The van der Waals surface area contributed by atoms with Gasteiger partial charge >= 0.3 is 6.18 Å². The summed E-state index contributed by atoms with van der Waals surface area (Å²) < 4.78 is 68.4. The molecule has 0 atom stereocenters. The second-order valence-corrected chi connectivity index (χ2v) is 9.14. The number of hydrogen-bond acceptors (Lipinski definition) is 4. The van der Waals surface area contributed by atoms with Crippen molar-refractivity contribution in [2.75, 3.05) is 4.72 Å². The number of nitrogens with one attached hydrogen (secondary N) is 1. The van der Waals surface area contributed by atoms with Crippen LogP contribution < -0.4 is 4.72 Å². The summed E-state index contributed by atoms with van der Waals surface area (Å²) in [6, 6.07) is 4.86. The van der Waals surface area contributed by atoms with Gasteiger partial charge in [0, 0.05) is 0 Å². The van der Waals surface area contributed by atoms with Gasteiger partial charge in [0.1, 0.15) is 6.33 Å². The molecule has 1 aromatic heterocycles. The van der Waals surface area contributed by atoms with E-state index in [1.54, 1.807) is 13.8 Å². The normalized spacial score (nSPS) is 12.3. The number of aromatic nitrogens is 3. The van der Waals surface area contributed by atoms with Crippen LogP contribution in [0.5, 0.6) is 0 Å². The fourth-order valence-electron chi connectivity index (χ4n) is 3.49. The largest absolute Gasteiger partial charge is 0.416 e. The Bertz CT molecular complexity index is 1220. The van der Waals surface area contributed by atoms with Gasteiger partial charge in [-0.2, -0.15) is 18.2 Å². The van der Waals surface area contributed by atoms with E-state index in [4.69, 9.17) is 0 Å². The first kappa shape index (κ1) is 22.8. The molecule has 0 aliphatic heterocycles. The van der Waals surface area contributed by atoms with Gasteiger partial charge in [-0.15, -0.1) is 5.10 Å². The van der Waals surface area contributed by atoms with Crippen molar-refractivity contribution in [3.63, 3.8) is 0 Å². The van der Waals surface area contributed by atoms with E-state index in [0.717, 1.165) is 28.8 Å². The molecule has 3 rings (SSSR count). The number of anilines is 1. The SMILES string of the molecule is Cc1c(C)c(C)c(S(=O)(=O)Nc2ncn(Cc3cccc(C(F)(F)F)c3)n2)c(C)c1C. The highest BCUT2D eigenvalue weighted by atomic mass is 32.2. The van der Waals surface area contributed by atoms with E-state index in [1.165, 1.54) is 23.1 Å². The number of halogens is 3. The monoisotopic (exact) mass is 452 g/mol. The van der Waals surface area contributed by atoms with Crippen LogP contribution in [0.25, 0.3) is 0 Å². The maximum Gasteiger partial charge on any atom is 0.416 e. The van der Waals surface area contributed by atoms with Crippen molar-refractivity contribution in [1.29, 1.82) is 0 Å². The van der Waals surface area contributed by atoms with Gasteiger partial charge in [-0.3, -0.25) is 0 Å². The molecule has 0 radical (unpaired) electrons. The third-order valence-corrected chi connectivity index (χ3v) is 7.16. The van der Waals surface area contributed by atoms with Crippen LogP contribution in [-0.2, 0) is 22.7 Å². The minimum absolute atomic E-state index is 0.0133. The number of hydrogen-bond donors (Lipinski definition) is 1. The second kappa shape index (κ2) is 7.99. The summed E-state index contributed by atoms with van der Waals surface area (Å²) in [5.41, 5.74) is 3.73. The number of nitrogens with zero attached hydrogens (tertiary/aromatic N) is 3. The topological polar surface area (TPSA) is 76.9 Å². The lowest BCUT2D eigenvalue weighted by atomic mass is 9.95. The van der Waals surface area contributed by atoms with Crippen LogP contribution in [0.2, 0.25) is 0 Å². The first-order chi connectivity index (χ1) is 14.3. The standard InChI is InChI=1S/C21H23F3N4O2S/c1-12-13(2)15(4)19(16(5)14(12)3)31(29,30)27-20-25-11-28(26-20)10-17-7-6-8-18(9-17)21(22,23)24/h6-9,11H,10H2,1-5H3,(H,26,27). The maximum atomic E-state index is 13.1. The number of alkyl halides is 3. The summed E-state index contributed by atoms with van der Waals surface area (Å²) in [6.07, 6.45) is -3.18. The predicted molar refractivity (Wildman–Crippen MR) is 112 cm³/mol. The van der Waals surface area contributed by atoms with Gasteiger partial charge in [0.25, 0.3) is 16.0 Å². The molecule has 0 unspecified atom stereocenters. The van der Waals surface area contributed by atoms with Crippen LogP contribution in [0, 0.1) is 34.6 Å². The first-order valence-electron chi connectivity index (χ1n) is 9.46. The van der Waals surface area contributed by atoms with Crippen LogP contribution in [-0.4, -0.2) is 23.2 Å². The zero-order chi connectivity index (χ0) is 23.1. The van der Waals surface area contributed by atoms with Crippen LogP contribution >= 0.6 is 0 Å². The molecule has 0 fully saturated rings. The molecule has 1 N–H and O–H groups in total. The summed E-state index contributed by atoms with van der Waals surface area (Å²) >= 11 is 0. The highest BCUT2D eigenvalue weighted by molar-refractivity contribution is 7.92. The molecular formula is C21H23F3N4O2S.